The van der Waals surface area contributed by atoms with Crippen molar-refractivity contribution in [1.29, 1.82) is 0 Å². The van der Waals surface area contributed by atoms with Crippen molar-refractivity contribution in [2.75, 3.05) is 26.3 Å². The molecule has 0 saturated heterocycles. The molecule has 0 radical (unpaired) electrons. The van der Waals surface area contributed by atoms with Crippen molar-refractivity contribution in [2.45, 2.75) is 11.3 Å². The molecule has 0 spiro atoms. The summed E-state index contributed by atoms with van der Waals surface area (Å²) in [7, 11) is -3.53. The largest absolute Gasteiger partial charge is 0.490 e. The predicted octanol–water partition coefficient (Wildman–Crippen LogP) is 0.507. The van der Waals surface area contributed by atoms with Crippen LogP contribution in [-0.4, -0.2) is 34.7 Å². The van der Waals surface area contributed by atoms with Crippen LogP contribution in [0.4, 0.5) is 0 Å². The van der Waals surface area contributed by atoms with Crippen molar-refractivity contribution in [2.24, 2.45) is 5.73 Å². The summed E-state index contributed by atoms with van der Waals surface area (Å²) >= 11 is 0. The second kappa shape index (κ2) is 6.95. The summed E-state index contributed by atoms with van der Waals surface area (Å²) in [5.74, 6) is 1.04. The summed E-state index contributed by atoms with van der Waals surface area (Å²) in [6, 6.07) is 4.57. The number of hydrogen-bond donors (Lipinski definition) is 2. The van der Waals surface area contributed by atoms with Gasteiger partial charge in [0.05, 0.1) is 18.1 Å². The maximum Gasteiger partial charge on any atom is 0.240 e. The van der Waals surface area contributed by atoms with Gasteiger partial charge < -0.3 is 15.2 Å². The number of halogens is 1. The second-order valence-electron chi connectivity index (χ2n) is 3.85. The van der Waals surface area contributed by atoms with Gasteiger partial charge in [-0.1, -0.05) is 0 Å². The number of ether oxygens (including phenoxy) is 2. The van der Waals surface area contributed by atoms with Gasteiger partial charge >= 0.3 is 0 Å². The molecule has 0 unspecified atom stereocenters. The van der Waals surface area contributed by atoms with Crippen LogP contribution in [0.5, 0.6) is 11.5 Å². The molecule has 0 amide bonds. The Kier molecular flexibility index (Phi) is 5.86. The van der Waals surface area contributed by atoms with E-state index in [-0.39, 0.29) is 30.4 Å². The Morgan fingerprint density at radius 1 is 1.21 bits per heavy atom. The number of nitrogens with two attached hydrogens (primary N) is 1. The molecular weight excluding hydrogens is 292 g/mol. The lowest BCUT2D eigenvalue weighted by Crippen LogP contribution is -2.29. The molecule has 0 aliphatic carbocycles. The summed E-state index contributed by atoms with van der Waals surface area (Å²) in [6.45, 7) is 1.55. The van der Waals surface area contributed by atoms with Crippen molar-refractivity contribution >= 4 is 22.4 Å². The van der Waals surface area contributed by atoms with Crippen molar-refractivity contribution < 1.29 is 17.9 Å². The van der Waals surface area contributed by atoms with E-state index in [0.717, 1.165) is 6.42 Å². The fourth-order valence-corrected chi connectivity index (χ4v) is 2.65. The van der Waals surface area contributed by atoms with E-state index in [2.05, 4.69) is 4.72 Å². The van der Waals surface area contributed by atoms with Gasteiger partial charge in [-0.25, -0.2) is 13.1 Å². The van der Waals surface area contributed by atoms with Crippen LogP contribution in [0, 0.1) is 0 Å². The minimum Gasteiger partial charge on any atom is -0.490 e. The number of fused-ring (bicyclic) bond motifs is 1. The number of hydrogen-bond acceptors (Lipinski definition) is 5. The monoisotopic (exact) mass is 308 g/mol. The van der Waals surface area contributed by atoms with Gasteiger partial charge in [0.1, 0.15) is 0 Å². The normalized spacial score (nSPS) is 14.4. The lowest BCUT2D eigenvalue weighted by Gasteiger charge is -2.10. The van der Waals surface area contributed by atoms with Gasteiger partial charge in [-0.05, 0) is 12.1 Å². The summed E-state index contributed by atoms with van der Waals surface area (Å²) in [5, 5.41) is 0. The highest BCUT2D eigenvalue weighted by atomic mass is 35.5. The van der Waals surface area contributed by atoms with Crippen LogP contribution in [0.2, 0.25) is 0 Å². The molecule has 108 valence electrons. The highest BCUT2D eigenvalue weighted by Crippen LogP contribution is 2.31. The Morgan fingerprint density at radius 2 is 1.89 bits per heavy atom. The highest BCUT2D eigenvalue weighted by molar-refractivity contribution is 7.89. The molecule has 8 heteroatoms. The third kappa shape index (κ3) is 3.97. The Bertz CT molecular complexity index is 521. The van der Waals surface area contributed by atoms with Gasteiger partial charge in [-0.3, -0.25) is 0 Å². The highest BCUT2D eigenvalue weighted by Gasteiger charge is 2.18. The van der Waals surface area contributed by atoms with Crippen LogP contribution in [0.25, 0.3) is 0 Å². The van der Waals surface area contributed by atoms with Gasteiger partial charge in [-0.2, -0.15) is 0 Å². The molecule has 19 heavy (non-hydrogen) atoms. The average Bonchev–Trinajstić information content (AvgIpc) is 2.60. The fourth-order valence-electron chi connectivity index (χ4n) is 1.59. The maximum atomic E-state index is 11.9. The number of nitrogens with one attached hydrogen (secondary N) is 1. The van der Waals surface area contributed by atoms with Gasteiger partial charge in [0.2, 0.25) is 10.0 Å². The van der Waals surface area contributed by atoms with E-state index in [4.69, 9.17) is 15.2 Å². The Labute approximate surface area is 118 Å². The number of rotatable bonds is 4. The van der Waals surface area contributed by atoms with E-state index in [9.17, 15) is 8.42 Å². The zero-order valence-corrected chi connectivity index (χ0v) is 11.9. The van der Waals surface area contributed by atoms with Crippen LogP contribution < -0.4 is 19.9 Å². The molecule has 0 saturated carbocycles. The number of benzene rings is 1. The summed E-state index contributed by atoms with van der Waals surface area (Å²) in [6.07, 6.45) is 0.780. The Morgan fingerprint density at radius 3 is 2.58 bits per heavy atom. The van der Waals surface area contributed by atoms with E-state index in [0.29, 0.717) is 24.7 Å². The second-order valence-corrected chi connectivity index (χ2v) is 5.61. The van der Waals surface area contributed by atoms with Crippen LogP contribution in [0.3, 0.4) is 0 Å². The van der Waals surface area contributed by atoms with Crippen LogP contribution >= 0.6 is 12.4 Å². The van der Waals surface area contributed by atoms with Crippen molar-refractivity contribution in [3.63, 3.8) is 0 Å². The first-order chi connectivity index (χ1) is 8.63. The van der Waals surface area contributed by atoms with Crippen LogP contribution in [0.1, 0.15) is 6.42 Å². The minimum absolute atomic E-state index is 0. The third-order valence-corrected chi connectivity index (χ3v) is 3.92. The third-order valence-electron chi connectivity index (χ3n) is 2.47. The summed E-state index contributed by atoms with van der Waals surface area (Å²) in [5.41, 5.74) is 5.27. The topological polar surface area (TPSA) is 90.7 Å². The molecule has 1 aromatic carbocycles. The van der Waals surface area contributed by atoms with E-state index < -0.39 is 10.0 Å². The lowest BCUT2D eigenvalue weighted by atomic mass is 10.3. The first kappa shape index (κ1) is 16.0. The first-order valence-electron chi connectivity index (χ1n) is 5.73. The zero-order valence-electron chi connectivity index (χ0n) is 10.3. The summed E-state index contributed by atoms with van der Waals surface area (Å²) < 4.78 is 37.1. The van der Waals surface area contributed by atoms with E-state index in [1.807, 2.05) is 0 Å². The SMILES string of the molecule is Cl.NCCNS(=O)(=O)c1ccc2c(c1)OCCCO2. The minimum atomic E-state index is -3.53. The van der Waals surface area contributed by atoms with Gasteiger partial charge in [0, 0.05) is 25.6 Å². The van der Waals surface area contributed by atoms with E-state index in [1.54, 1.807) is 6.07 Å². The zero-order chi connectivity index (χ0) is 13.0. The lowest BCUT2D eigenvalue weighted by molar-refractivity contribution is 0.297. The van der Waals surface area contributed by atoms with Gasteiger partial charge in [-0.15, -0.1) is 12.4 Å². The van der Waals surface area contributed by atoms with Crippen molar-refractivity contribution in [3.8, 4) is 11.5 Å². The number of sulfonamides is 1. The molecule has 1 aliphatic rings. The first-order valence-corrected chi connectivity index (χ1v) is 7.21. The standard InChI is InChI=1S/C11H16N2O4S.ClH/c12-4-5-13-18(14,15)9-2-3-10-11(8-9)17-7-1-6-16-10;/h2-3,8,13H,1,4-7,12H2;1H. The van der Waals surface area contributed by atoms with Crippen LogP contribution in [-0.2, 0) is 10.0 Å². The van der Waals surface area contributed by atoms with Gasteiger partial charge in [0.25, 0.3) is 0 Å². The fraction of sp³-hybridized carbons (Fsp3) is 0.455. The molecule has 3 N–H and O–H groups in total. The van der Waals surface area contributed by atoms with E-state index >= 15 is 0 Å². The molecule has 0 bridgehead atoms. The van der Waals surface area contributed by atoms with Crippen LogP contribution in [0.15, 0.2) is 23.1 Å². The van der Waals surface area contributed by atoms with Crippen molar-refractivity contribution in [3.05, 3.63) is 18.2 Å². The molecule has 1 aliphatic heterocycles. The molecule has 1 aromatic rings. The Balaban J connectivity index is 0.00000180. The molecular formula is C11H17ClN2O4S. The van der Waals surface area contributed by atoms with E-state index in [1.165, 1.54) is 12.1 Å². The molecule has 1 heterocycles. The Hall–Kier alpha value is -1.02. The molecule has 0 atom stereocenters. The van der Waals surface area contributed by atoms with Gasteiger partial charge in [0.15, 0.2) is 11.5 Å². The molecule has 2 rings (SSSR count). The maximum absolute atomic E-state index is 11.9. The average molecular weight is 309 g/mol. The molecule has 0 fully saturated rings. The quantitative estimate of drug-likeness (QED) is 0.845. The molecule has 0 aromatic heterocycles. The predicted molar refractivity (Wildman–Crippen MR) is 73.5 cm³/mol. The molecule has 6 nitrogen and oxygen atoms in total. The summed E-state index contributed by atoms with van der Waals surface area (Å²) in [4.78, 5) is 0.153. The smallest absolute Gasteiger partial charge is 0.240 e. The van der Waals surface area contributed by atoms with Crippen molar-refractivity contribution in [1.82, 2.24) is 4.72 Å².